The van der Waals surface area contributed by atoms with E-state index in [0.717, 1.165) is 6.54 Å². The van der Waals surface area contributed by atoms with Crippen LogP contribution in [0.4, 0.5) is 0 Å². The Labute approximate surface area is 83.3 Å². The molecule has 0 aliphatic heterocycles. The van der Waals surface area contributed by atoms with Crippen LogP contribution in [-0.4, -0.2) is 14.8 Å². The molecule has 0 heterocycles. The molecular formula is C9H22ClNSi. The summed E-state index contributed by atoms with van der Waals surface area (Å²) in [5.74, 6) is 0. The fraction of sp³-hybridized carbons (Fsp3) is 1.00. The maximum absolute atomic E-state index is 6.36. The van der Waals surface area contributed by atoms with Gasteiger partial charge in [-0.25, -0.2) is 0 Å². The Morgan fingerprint density at radius 2 is 1.83 bits per heavy atom. The highest BCUT2D eigenvalue weighted by atomic mass is 35.6. The maximum Gasteiger partial charge on any atom is 0.214 e. The molecule has 0 aliphatic carbocycles. The molecule has 0 radical (unpaired) electrons. The predicted molar refractivity (Wildman–Crippen MR) is 60.2 cm³/mol. The van der Waals surface area contributed by atoms with Crippen molar-refractivity contribution in [3.63, 3.8) is 0 Å². The summed E-state index contributed by atoms with van der Waals surface area (Å²) in [6.07, 6.45) is 1.19. The average molecular weight is 208 g/mol. The zero-order valence-corrected chi connectivity index (χ0v) is 10.9. The van der Waals surface area contributed by atoms with Crippen LogP contribution in [-0.2, 0) is 0 Å². The number of halogens is 1. The van der Waals surface area contributed by atoms with E-state index in [0.29, 0.717) is 11.0 Å². The van der Waals surface area contributed by atoms with Gasteiger partial charge in [0.1, 0.15) is 0 Å². The van der Waals surface area contributed by atoms with Gasteiger partial charge in [0.25, 0.3) is 0 Å². The molecule has 0 aromatic carbocycles. The normalized spacial score (nSPS) is 17.5. The van der Waals surface area contributed by atoms with Crippen molar-refractivity contribution in [2.24, 2.45) is 5.41 Å². The lowest BCUT2D eigenvalue weighted by Crippen LogP contribution is -2.38. The third kappa shape index (κ3) is 3.92. The molecule has 0 bridgehead atoms. The van der Waals surface area contributed by atoms with Crippen LogP contribution in [0.2, 0.25) is 5.54 Å². The molecule has 0 amide bonds. The van der Waals surface area contributed by atoms with Crippen molar-refractivity contribution in [3.05, 3.63) is 0 Å². The van der Waals surface area contributed by atoms with Crippen LogP contribution in [0.15, 0.2) is 0 Å². The van der Waals surface area contributed by atoms with Gasteiger partial charge in [-0.2, -0.15) is 11.1 Å². The summed E-state index contributed by atoms with van der Waals surface area (Å²) in [5, 5.41) is 0. The SMILES string of the molecule is CCN[SiH](Cl)C(CC)C(C)(C)C. The molecule has 2 unspecified atom stereocenters. The second kappa shape index (κ2) is 5.25. The Morgan fingerprint density at radius 1 is 1.33 bits per heavy atom. The molecule has 0 aliphatic rings. The minimum absolute atomic E-state index is 0.357. The molecule has 0 aromatic heterocycles. The van der Waals surface area contributed by atoms with Gasteiger partial charge in [-0.3, -0.25) is 0 Å². The summed E-state index contributed by atoms with van der Waals surface area (Å²) >= 11 is 6.36. The molecule has 0 aromatic rings. The smallest absolute Gasteiger partial charge is 0.214 e. The van der Waals surface area contributed by atoms with E-state index < -0.39 is 8.27 Å². The fourth-order valence-electron chi connectivity index (χ4n) is 1.60. The van der Waals surface area contributed by atoms with E-state index in [1.165, 1.54) is 6.42 Å². The third-order valence-corrected chi connectivity index (χ3v) is 6.66. The predicted octanol–water partition coefficient (Wildman–Crippen LogP) is 2.88. The highest BCUT2D eigenvalue weighted by Gasteiger charge is 2.30. The molecule has 0 fully saturated rings. The van der Waals surface area contributed by atoms with Gasteiger partial charge in [0, 0.05) is 0 Å². The van der Waals surface area contributed by atoms with Gasteiger partial charge in [0.05, 0.1) is 0 Å². The molecule has 0 rings (SSSR count). The summed E-state index contributed by atoms with van der Waals surface area (Å²) in [5.41, 5.74) is 1.04. The Morgan fingerprint density at radius 3 is 2.08 bits per heavy atom. The first kappa shape index (κ1) is 12.5. The van der Waals surface area contributed by atoms with E-state index in [1.807, 2.05) is 0 Å². The average Bonchev–Trinajstić information content (AvgIpc) is 1.85. The summed E-state index contributed by atoms with van der Waals surface area (Å²) in [6, 6.07) is 0. The quantitative estimate of drug-likeness (QED) is 0.553. The second-order valence-corrected chi connectivity index (χ2v) is 7.77. The highest BCUT2D eigenvalue weighted by molar-refractivity contribution is 7.06. The molecule has 3 heteroatoms. The first-order chi connectivity index (χ1) is 5.43. The van der Waals surface area contributed by atoms with E-state index >= 15 is 0 Å². The topological polar surface area (TPSA) is 12.0 Å². The van der Waals surface area contributed by atoms with Crippen LogP contribution < -0.4 is 4.98 Å². The van der Waals surface area contributed by atoms with Crippen molar-refractivity contribution >= 4 is 19.3 Å². The van der Waals surface area contributed by atoms with Crippen LogP contribution in [0.25, 0.3) is 0 Å². The Kier molecular flexibility index (Phi) is 5.46. The van der Waals surface area contributed by atoms with Gasteiger partial charge >= 0.3 is 0 Å². The number of hydrogen-bond donors (Lipinski definition) is 1. The van der Waals surface area contributed by atoms with E-state index in [9.17, 15) is 0 Å². The molecular weight excluding hydrogens is 186 g/mol. The van der Waals surface area contributed by atoms with Gasteiger partial charge < -0.3 is 4.98 Å². The lowest BCUT2D eigenvalue weighted by Gasteiger charge is -2.32. The van der Waals surface area contributed by atoms with Crippen molar-refractivity contribution in [1.82, 2.24) is 4.98 Å². The zero-order valence-electron chi connectivity index (χ0n) is 8.95. The number of rotatable bonds is 4. The first-order valence-electron chi connectivity index (χ1n) is 4.80. The summed E-state index contributed by atoms with van der Waals surface area (Å²) < 4.78 is 0. The van der Waals surface area contributed by atoms with E-state index in [-0.39, 0.29) is 0 Å². The molecule has 12 heavy (non-hydrogen) atoms. The molecule has 2 atom stereocenters. The van der Waals surface area contributed by atoms with Crippen LogP contribution >= 0.6 is 11.1 Å². The fourth-order valence-corrected chi connectivity index (χ4v) is 5.69. The lowest BCUT2D eigenvalue weighted by molar-refractivity contribution is 0.366. The molecule has 0 saturated heterocycles. The number of hydrogen-bond acceptors (Lipinski definition) is 1. The van der Waals surface area contributed by atoms with E-state index in [2.05, 4.69) is 39.6 Å². The zero-order chi connectivity index (χ0) is 9.78. The monoisotopic (exact) mass is 207 g/mol. The largest absolute Gasteiger partial charge is 0.328 e. The maximum atomic E-state index is 6.36. The Hall–Kier alpha value is 0.467. The summed E-state index contributed by atoms with van der Waals surface area (Å²) in [4.78, 5) is 3.41. The Balaban J connectivity index is 4.14. The molecule has 0 spiro atoms. The van der Waals surface area contributed by atoms with Gasteiger partial charge in [-0.15, -0.1) is 0 Å². The standard InChI is InChI=1S/C9H22ClNSi/c1-6-8(9(3,4)5)12(10)11-7-2/h8,11-12H,6-7H2,1-5H3. The van der Waals surface area contributed by atoms with Crippen LogP contribution in [0.5, 0.6) is 0 Å². The summed E-state index contributed by atoms with van der Waals surface area (Å²) in [7, 11) is -1.22. The van der Waals surface area contributed by atoms with Crippen molar-refractivity contribution < 1.29 is 0 Å². The minimum Gasteiger partial charge on any atom is -0.328 e. The Bertz CT molecular complexity index is 122. The first-order valence-corrected chi connectivity index (χ1v) is 7.79. The highest BCUT2D eigenvalue weighted by Crippen LogP contribution is 2.36. The van der Waals surface area contributed by atoms with Crippen molar-refractivity contribution in [3.8, 4) is 0 Å². The van der Waals surface area contributed by atoms with Gasteiger partial charge in [0.15, 0.2) is 0 Å². The van der Waals surface area contributed by atoms with Gasteiger partial charge in [-0.05, 0) is 17.5 Å². The molecule has 1 N–H and O–H groups in total. The van der Waals surface area contributed by atoms with Crippen molar-refractivity contribution in [1.29, 1.82) is 0 Å². The molecule has 1 nitrogen and oxygen atoms in total. The van der Waals surface area contributed by atoms with Crippen LogP contribution in [0.1, 0.15) is 41.0 Å². The van der Waals surface area contributed by atoms with Crippen molar-refractivity contribution in [2.45, 2.75) is 46.6 Å². The summed E-state index contributed by atoms with van der Waals surface area (Å²) in [6.45, 7) is 12.2. The number of nitrogens with one attached hydrogen (secondary N) is 1. The van der Waals surface area contributed by atoms with Crippen LogP contribution in [0, 0.1) is 5.41 Å². The second-order valence-electron chi connectivity index (χ2n) is 4.34. The minimum atomic E-state index is -1.22. The van der Waals surface area contributed by atoms with E-state index in [1.54, 1.807) is 0 Å². The molecule has 74 valence electrons. The van der Waals surface area contributed by atoms with Crippen molar-refractivity contribution in [2.75, 3.05) is 6.54 Å². The molecule has 0 saturated carbocycles. The lowest BCUT2D eigenvalue weighted by atomic mass is 9.90. The van der Waals surface area contributed by atoms with Crippen LogP contribution in [0.3, 0.4) is 0 Å². The van der Waals surface area contributed by atoms with Gasteiger partial charge in [-0.1, -0.05) is 41.0 Å². The third-order valence-electron chi connectivity index (χ3n) is 2.30. The van der Waals surface area contributed by atoms with E-state index in [4.69, 9.17) is 11.1 Å². The van der Waals surface area contributed by atoms with Gasteiger partial charge in [0.2, 0.25) is 8.27 Å².